The molecule has 3 heteroatoms. The molecule has 0 unspecified atom stereocenters. The molecule has 1 aliphatic heterocycles. The summed E-state index contributed by atoms with van der Waals surface area (Å²) in [6.45, 7) is 0.820. The van der Waals surface area contributed by atoms with Gasteiger partial charge in [0.05, 0.1) is 6.61 Å². The van der Waals surface area contributed by atoms with Crippen molar-refractivity contribution in [3.63, 3.8) is 0 Å². The van der Waals surface area contributed by atoms with Crippen molar-refractivity contribution in [1.29, 1.82) is 0 Å². The maximum absolute atomic E-state index is 5.39. The van der Waals surface area contributed by atoms with Crippen LogP contribution in [0.4, 0.5) is 0 Å². The summed E-state index contributed by atoms with van der Waals surface area (Å²) < 4.78 is 6.66. The summed E-state index contributed by atoms with van der Waals surface area (Å²) in [6, 6.07) is 2.02. The molecule has 0 aromatic carbocycles. The number of pyridine rings is 1. The molecule has 1 aromatic heterocycles. The van der Waals surface area contributed by atoms with Crippen LogP contribution >= 0.6 is 22.6 Å². The fourth-order valence-corrected chi connectivity index (χ4v) is 1.88. The topological polar surface area (TPSA) is 22.1 Å². The van der Waals surface area contributed by atoms with Crippen LogP contribution in [-0.2, 0) is 6.42 Å². The Balaban J connectivity index is 2.49. The molecular formula is C8H8INO. The van der Waals surface area contributed by atoms with E-state index in [1.807, 2.05) is 6.07 Å². The van der Waals surface area contributed by atoms with Gasteiger partial charge in [-0.2, -0.15) is 0 Å². The first kappa shape index (κ1) is 7.34. The number of aromatic nitrogens is 1. The van der Waals surface area contributed by atoms with E-state index in [-0.39, 0.29) is 0 Å². The first-order chi connectivity index (χ1) is 5.38. The van der Waals surface area contributed by atoms with Crippen molar-refractivity contribution in [3.05, 3.63) is 21.4 Å². The van der Waals surface area contributed by atoms with Crippen LogP contribution in [0.5, 0.6) is 5.88 Å². The molecule has 0 saturated carbocycles. The number of hydrogen-bond acceptors (Lipinski definition) is 2. The predicted molar refractivity (Wildman–Crippen MR) is 50.8 cm³/mol. The van der Waals surface area contributed by atoms with Crippen LogP contribution in [0, 0.1) is 3.57 Å². The third kappa shape index (κ3) is 1.34. The maximum Gasteiger partial charge on any atom is 0.217 e. The van der Waals surface area contributed by atoms with Gasteiger partial charge in [0.2, 0.25) is 5.88 Å². The summed E-state index contributed by atoms with van der Waals surface area (Å²) >= 11 is 2.32. The highest BCUT2D eigenvalue weighted by molar-refractivity contribution is 14.1. The van der Waals surface area contributed by atoms with Gasteiger partial charge in [-0.1, -0.05) is 0 Å². The number of rotatable bonds is 0. The van der Waals surface area contributed by atoms with Gasteiger partial charge in [-0.25, -0.2) is 4.98 Å². The highest BCUT2D eigenvalue weighted by atomic mass is 127. The van der Waals surface area contributed by atoms with E-state index >= 15 is 0 Å². The quantitative estimate of drug-likeness (QED) is 0.666. The lowest BCUT2D eigenvalue weighted by Gasteiger charge is -2.16. The van der Waals surface area contributed by atoms with Crippen LogP contribution in [0.15, 0.2) is 12.3 Å². The lowest BCUT2D eigenvalue weighted by Crippen LogP contribution is -2.10. The molecule has 0 saturated heterocycles. The van der Waals surface area contributed by atoms with Crippen LogP contribution in [0.25, 0.3) is 0 Å². The van der Waals surface area contributed by atoms with Gasteiger partial charge in [-0.05, 0) is 41.5 Å². The van der Waals surface area contributed by atoms with E-state index in [1.165, 1.54) is 9.13 Å². The second kappa shape index (κ2) is 2.97. The van der Waals surface area contributed by atoms with Crippen molar-refractivity contribution in [3.8, 4) is 5.88 Å². The molecule has 0 amide bonds. The Hall–Kier alpha value is -0.320. The second-order valence-electron chi connectivity index (χ2n) is 2.53. The lowest BCUT2D eigenvalue weighted by molar-refractivity contribution is 0.275. The third-order valence-electron chi connectivity index (χ3n) is 1.77. The van der Waals surface area contributed by atoms with E-state index in [0.29, 0.717) is 0 Å². The average Bonchev–Trinajstić information content (AvgIpc) is 2.06. The number of fused-ring (bicyclic) bond motifs is 1. The van der Waals surface area contributed by atoms with E-state index in [1.54, 1.807) is 6.20 Å². The predicted octanol–water partition coefficient (Wildman–Crippen LogP) is 2.01. The van der Waals surface area contributed by atoms with Gasteiger partial charge >= 0.3 is 0 Å². The van der Waals surface area contributed by atoms with Crippen LogP contribution in [0.2, 0.25) is 0 Å². The Kier molecular flexibility index (Phi) is 1.98. The van der Waals surface area contributed by atoms with E-state index in [9.17, 15) is 0 Å². The van der Waals surface area contributed by atoms with Gasteiger partial charge in [0.25, 0.3) is 0 Å². The monoisotopic (exact) mass is 261 g/mol. The molecule has 0 N–H and O–H groups in total. The maximum atomic E-state index is 5.39. The molecule has 0 atom stereocenters. The molecule has 58 valence electrons. The van der Waals surface area contributed by atoms with E-state index in [0.717, 1.165) is 25.3 Å². The van der Waals surface area contributed by atoms with Gasteiger partial charge in [-0.3, -0.25) is 0 Å². The number of halogens is 1. The summed E-state index contributed by atoms with van der Waals surface area (Å²) in [5, 5.41) is 0. The normalized spacial score (nSPS) is 15.4. The minimum absolute atomic E-state index is 0.820. The van der Waals surface area contributed by atoms with Crippen molar-refractivity contribution in [2.45, 2.75) is 12.8 Å². The minimum atomic E-state index is 0.820. The summed E-state index contributed by atoms with van der Waals surface area (Å²) in [4.78, 5) is 4.15. The van der Waals surface area contributed by atoms with Gasteiger partial charge in [0.1, 0.15) is 0 Å². The zero-order valence-corrected chi connectivity index (χ0v) is 8.17. The Labute approximate surface area is 79.1 Å². The molecule has 2 heterocycles. The molecular weight excluding hydrogens is 253 g/mol. The molecule has 1 aliphatic rings. The Morgan fingerprint density at radius 3 is 3.27 bits per heavy atom. The van der Waals surface area contributed by atoms with Crippen molar-refractivity contribution >= 4 is 22.6 Å². The van der Waals surface area contributed by atoms with Gasteiger partial charge < -0.3 is 4.74 Å². The second-order valence-corrected chi connectivity index (χ2v) is 3.69. The van der Waals surface area contributed by atoms with Crippen LogP contribution in [-0.4, -0.2) is 11.6 Å². The van der Waals surface area contributed by atoms with Gasteiger partial charge in [0.15, 0.2) is 0 Å². The van der Waals surface area contributed by atoms with Crippen LogP contribution in [0.3, 0.4) is 0 Å². The SMILES string of the molecule is Ic1ccnc2c1CCCO2. The smallest absolute Gasteiger partial charge is 0.217 e. The summed E-state index contributed by atoms with van der Waals surface area (Å²) in [5.74, 6) is 0.836. The van der Waals surface area contributed by atoms with E-state index in [2.05, 4.69) is 27.6 Å². The zero-order valence-electron chi connectivity index (χ0n) is 6.01. The fraction of sp³-hybridized carbons (Fsp3) is 0.375. The van der Waals surface area contributed by atoms with E-state index < -0.39 is 0 Å². The summed E-state index contributed by atoms with van der Waals surface area (Å²) in [5.41, 5.74) is 1.28. The minimum Gasteiger partial charge on any atom is -0.477 e. The largest absolute Gasteiger partial charge is 0.477 e. The van der Waals surface area contributed by atoms with Gasteiger partial charge in [0, 0.05) is 15.3 Å². The molecule has 1 aromatic rings. The van der Waals surface area contributed by atoms with Crippen molar-refractivity contribution in [2.24, 2.45) is 0 Å². The van der Waals surface area contributed by atoms with Crippen LogP contribution < -0.4 is 4.74 Å². The van der Waals surface area contributed by atoms with E-state index in [4.69, 9.17) is 4.74 Å². The Bertz CT molecular complexity index is 275. The zero-order chi connectivity index (χ0) is 7.68. The first-order valence-electron chi connectivity index (χ1n) is 3.64. The summed E-state index contributed by atoms with van der Waals surface area (Å²) in [6.07, 6.45) is 4.03. The molecule has 0 radical (unpaired) electrons. The highest BCUT2D eigenvalue weighted by Crippen LogP contribution is 2.25. The van der Waals surface area contributed by atoms with Crippen LogP contribution in [0.1, 0.15) is 12.0 Å². The molecule has 0 bridgehead atoms. The first-order valence-corrected chi connectivity index (χ1v) is 4.72. The molecule has 2 rings (SSSR count). The fourth-order valence-electron chi connectivity index (χ4n) is 1.22. The summed E-state index contributed by atoms with van der Waals surface area (Å²) in [7, 11) is 0. The molecule has 11 heavy (non-hydrogen) atoms. The highest BCUT2D eigenvalue weighted by Gasteiger charge is 2.13. The third-order valence-corrected chi connectivity index (χ3v) is 2.78. The van der Waals surface area contributed by atoms with Gasteiger partial charge in [-0.15, -0.1) is 0 Å². The molecule has 0 fully saturated rings. The Morgan fingerprint density at radius 1 is 1.55 bits per heavy atom. The standard InChI is InChI=1S/C8H8INO/c9-7-3-4-10-8-6(7)2-1-5-11-8/h3-4H,1-2,5H2. The Morgan fingerprint density at radius 2 is 2.45 bits per heavy atom. The average molecular weight is 261 g/mol. The number of hydrogen-bond donors (Lipinski definition) is 0. The molecule has 0 aliphatic carbocycles. The van der Waals surface area contributed by atoms with Crippen molar-refractivity contribution in [2.75, 3.05) is 6.61 Å². The molecule has 2 nitrogen and oxygen atoms in total. The number of nitrogens with zero attached hydrogens (tertiary/aromatic N) is 1. The molecule has 0 spiro atoms. The lowest BCUT2D eigenvalue weighted by atomic mass is 10.1. The number of ether oxygens (including phenoxy) is 1. The van der Waals surface area contributed by atoms with Crippen molar-refractivity contribution < 1.29 is 4.74 Å². The van der Waals surface area contributed by atoms with Crippen molar-refractivity contribution in [1.82, 2.24) is 4.98 Å².